The molecular weight excluding hydrogens is 278 g/mol. The van der Waals surface area contributed by atoms with Crippen LogP contribution in [0.4, 0.5) is 0 Å². The fourth-order valence-electron chi connectivity index (χ4n) is 2.49. The molecule has 2 rings (SSSR count). The van der Waals surface area contributed by atoms with Crippen molar-refractivity contribution in [3.8, 4) is 5.75 Å². The third-order valence-electron chi connectivity index (χ3n) is 3.50. The Morgan fingerprint density at radius 3 is 2.35 bits per heavy atom. The molecule has 0 spiro atoms. The lowest BCUT2D eigenvalue weighted by Gasteiger charge is -2.16. The zero-order valence-electron chi connectivity index (χ0n) is 12.0. The van der Waals surface area contributed by atoms with Crippen LogP contribution in [0.2, 0.25) is 0 Å². The smallest absolute Gasteiger partial charge is 0.238 e. The minimum Gasteiger partial charge on any atom is -0.490 e. The molecule has 1 heterocycles. The number of rotatable bonds is 4. The van der Waals surface area contributed by atoms with E-state index >= 15 is 0 Å². The molecule has 0 aliphatic carbocycles. The number of sulfonamides is 1. The van der Waals surface area contributed by atoms with Gasteiger partial charge >= 0.3 is 0 Å². The summed E-state index contributed by atoms with van der Waals surface area (Å²) in [5.74, 6) is 0.709. The molecular formula is C14H21NO4S. The van der Waals surface area contributed by atoms with Gasteiger partial charge in [0, 0.05) is 0 Å². The van der Waals surface area contributed by atoms with Gasteiger partial charge in [0.15, 0.2) is 0 Å². The van der Waals surface area contributed by atoms with Crippen molar-refractivity contribution >= 4 is 10.0 Å². The first kappa shape index (κ1) is 15.3. The maximum Gasteiger partial charge on any atom is 0.238 e. The van der Waals surface area contributed by atoms with Gasteiger partial charge in [-0.15, -0.1) is 0 Å². The van der Waals surface area contributed by atoms with Gasteiger partial charge in [-0.1, -0.05) is 0 Å². The second-order valence-electron chi connectivity index (χ2n) is 5.39. The predicted molar refractivity (Wildman–Crippen MR) is 76.4 cm³/mol. The standard InChI is InChI=1S/C14H21NO4S/c1-9-6-13(20(15,16)17)7-10(2)14(9)18-8-12-5-4-11(3)19-12/h6-7,11-12H,4-5,8H2,1-3H3,(H2,15,16,17). The number of primary sulfonamides is 1. The molecule has 2 unspecified atom stereocenters. The molecule has 0 amide bonds. The molecule has 1 aromatic carbocycles. The Hall–Kier alpha value is -1.11. The number of hydrogen-bond donors (Lipinski definition) is 1. The summed E-state index contributed by atoms with van der Waals surface area (Å²) in [7, 11) is -3.68. The van der Waals surface area contributed by atoms with Crippen molar-refractivity contribution in [1.29, 1.82) is 0 Å². The molecule has 6 heteroatoms. The summed E-state index contributed by atoms with van der Waals surface area (Å²) in [5.41, 5.74) is 1.53. The van der Waals surface area contributed by atoms with Gasteiger partial charge in [0.05, 0.1) is 17.1 Å². The van der Waals surface area contributed by atoms with Gasteiger partial charge in [-0.3, -0.25) is 0 Å². The van der Waals surface area contributed by atoms with Crippen molar-refractivity contribution in [1.82, 2.24) is 0 Å². The second kappa shape index (κ2) is 5.71. The maximum atomic E-state index is 11.4. The molecule has 0 bridgehead atoms. The first-order valence-electron chi connectivity index (χ1n) is 6.69. The number of ether oxygens (including phenoxy) is 2. The van der Waals surface area contributed by atoms with Crippen molar-refractivity contribution < 1.29 is 17.9 Å². The highest BCUT2D eigenvalue weighted by Crippen LogP contribution is 2.28. The summed E-state index contributed by atoms with van der Waals surface area (Å²) in [6.07, 6.45) is 2.45. The number of hydrogen-bond acceptors (Lipinski definition) is 4. The first-order chi connectivity index (χ1) is 9.27. The summed E-state index contributed by atoms with van der Waals surface area (Å²) in [6, 6.07) is 3.07. The van der Waals surface area contributed by atoms with E-state index in [1.54, 1.807) is 0 Å². The Kier molecular flexibility index (Phi) is 4.36. The summed E-state index contributed by atoms with van der Waals surface area (Å²) >= 11 is 0. The predicted octanol–water partition coefficient (Wildman–Crippen LogP) is 1.90. The molecule has 1 fully saturated rings. The molecule has 1 aromatic rings. The van der Waals surface area contributed by atoms with Crippen molar-refractivity contribution in [3.63, 3.8) is 0 Å². The molecule has 1 aliphatic rings. The second-order valence-corrected chi connectivity index (χ2v) is 6.95. The summed E-state index contributed by atoms with van der Waals surface area (Å²) < 4.78 is 34.2. The van der Waals surface area contributed by atoms with E-state index in [0.29, 0.717) is 12.4 Å². The van der Waals surface area contributed by atoms with Gasteiger partial charge in [0.2, 0.25) is 10.0 Å². The molecule has 112 valence electrons. The molecule has 20 heavy (non-hydrogen) atoms. The molecule has 0 radical (unpaired) electrons. The van der Waals surface area contributed by atoms with Gasteiger partial charge in [0.1, 0.15) is 12.4 Å². The fourth-order valence-corrected chi connectivity index (χ4v) is 3.17. The Bertz CT molecular complexity index is 574. The van der Waals surface area contributed by atoms with E-state index in [0.717, 1.165) is 24.0 Å². The van der Waals surface area contributed by atoms with Crippen LogP contribution < -0.4 is 9.88 Å². The van der Waals surface area contributed by atoms with Crippen LogP contribution >= 0.6 is 0 Å². The molecule has 0 aromatic heterocycles. The van der Waals surface area contributed by atoms with Crippen LogP contribution in [0, 0.1) is 13.8 Å². The van der Waals surface area contributed by atoms with E-state index in [-0.39, 0.29) is 17.1 Å². The zero-order valence-corrected chi connectivity index (χ0v) is 12.9. The van der Waals surface area contributed by atoms with E-state index in [1.807, 2.05) is 13.8 Å². The highest BCUT2D eigenvalue weighted by atomic mass is 32.2. The lowest BCUT2D eigenvalue weighted by atomic mass is 10.1. The SMILES string of the molecule is Cc1cc(S(N)(=O)=O)cc(C)c1OCC1CCC(C)O1. The van der Waals surface area contributed by atoms with Crippen LogP contribution in [0.3, 0.4) is 0 Å². The third-order valence-corrected chi connectivity index (χ3v) is 4.39. The van der Waals surface area contributed by atoms with Crippen LogP contribution in [-0.2, 0) is 14.8 Å². The fraction of sp³-hybridized carbons (Fsp3) is 0.571. The number of benzene rings is 1. The Balaban J connectivity index is 2.13. The highest BCUT2D eigenvalue weighted by Gasteiger charge is 2.23. The van der Waals surface area contributed by atoms with Gasteiger partial charge < -0.3 is 9.47 Å². The molecule has 1 saturated heterocycles. The van der Waals surface area contributed by atoms with Crippen LogP contribution in [0.15, 0.2) is 17.0 Å². The average molecular weight is 299 g/mol. The van der Waals surface area contributed by atoms with Crippen molar-refractivity contribution in [2.45, 2.75) is 50.7 Å². The normalized spacial score (nSPS) is 23.0. The van der Waals surface area contributed by atoms with Crippen molar-refractivity contribution in [2.75, 3.05) is 6.61 Å². The Labute approximate surface area is 120 Å². The Morgan fingerprint density at radius 2 is 1.90 bits per heavy atom. The summed E-state index contributed by atoms with van der Waals surface area (Å²) in [4.78, 5) is 0.116. The van der Waals surface area contributed by atoms with Gasteiger partial charge in [-0.05, 0) is 56.9 Å². The van der Waals surface area contributed by atoms with E-state index < -0.39 is 10.0 Å². The highest BCUT2D eigenvalue weighted by molar-refractivity contribution is 7.89. The molecule has 2 atom stereocenters. The maximum absolute atomic E-state index is 11.4. The topological polar surface area (TPSA) is 78.6 Å². The minimum absolute atomic E-state index is 0.113. The van der Waals surface area contributed by atoms with Gasteiger partial charge in [-0.2, -0.15) is 0 Å². The summed E-state index contributed by atoms with van der Waals surface area (Å²) in [5, 5.41) is 5.14. The quantitative estimate of drug-likeness (QED) is 0.921. The van der Waals surface area contributed by atoms with E-state index in [2.05, 4.69) is 6.92 Å². The average Bonchev–Trinajstić information content (AvgIpc) is 2.72. The van der Waals surface area contributed by atoms with Crippen LogP contribution in [-0.4, -0.2) is 27.2 Å². The van der Waals surface area contributed by atoms with Gasteiger partial charge in [-0.25, -0.2) is 13.6 Å². The van der Waals surface area contributed by atoms with E-state index in [1.165, 1.54) is 12.1 Å². The molecule has 0 saturated carbocycles. The largest absolute Gasteiger partial charge is 0.490 e. The zero-order chi connectivity index (χ0) is 14.9. The number of nitrogens with two attached hydrogens (primary N) is 1. The van der Waals surface area contributed by atoms with Crippen LogP contribution in [0.1, 0.15) is 30.9 Å². The van der Waals surface area contributed by atoms with Crippen molar-refractivity contribution in [3.05, 3.63) is 23.3 Å². The van der Waals surface area contributed by atoms with E-state index in [9.17, 15) is 8.42 Å². The summed E-state index contributed by atoms with van der Waals surface area (Å²) in [6.45, 7) is 6.17. The lowest BCUT2D eigenvalue weighted by molar-refractivity contribution is 0.0261. The number of aryl methyl sites for hydroxylation is 2. The molecule has 2 N–H and O–H groups in total. The van der Waals surface area contributed by atoms with E-state index in [4.69, 9.17) is 14.6 Å². The first-order valence-corrected chi connectivity index (χ1v) is 8.24. The Morgan fingerprint density at radius 1 is 1.30 bits per heavy atom. The van der Waals surface area contributed by atoms with Crippen LogP contribution in [0.25, 0.3) is 0 Å². The molecule has 5 nitrogen and oxygen atoms in total. The monoisotopic (exact) mass is 299 g/mol. The van der Waals surface area contributed by atoms with Gasteiger partial charge in [0.25, 0.3) is 0 Å². The lowest BCUT2D eigenvalue weighted by Crippen LogP contribution is -2.19. The van der Waals surface area contributed by atoms with Crippen molar-refractivity contribution in [2.24, 2.45) is 5.14 Å². The minimum atomic E-state index is -3.68. The third kappa shape index (κ3) is 3.50. The molecule has 1 aliphatic heterocycles. The van der Waals surface area contributed by atoms with Crippen LogP contribution in [0.5, 0.6) is 5.75 Å².